The number of aryl methyl sites for hydroxylation is 1. The zero-order chi connectivity index (χ0) is 19.7. The first-order valence-corrected chi connectivity index (χ1v) is 10.4. The molecule has 28 heavy (non-hydrogen) atoms. The molecule has 1 saturated heterocycles. The van der Waals surface area contributed by atoms with Gasteiger partial charge in [0.1, 0.15) is 11.4 Å². The van der Waals surface area contributed by atoms with Gasteiger partial charge in [-0.15, -0.1) is 0 Å². The Bertz CT molecular complexity index is 1070. The van der Waals surface area contributed by atoms with Gasteiger partial charge in [-0.3, -0.25) is 9.48 Å². The van der Waals surface area contributed by atoms with Crippen LogP contribution in [0.5, 0.6) is 0 Å². The van der Waals surface area contributed by atoms with Crippen molar-refractivity contribution in [3.05, 3.63) is 66.6 Å². The van der Waals surface area contributed by atoms with Crippen molar-refractivity contribution in [1.82, 2.24) is 23.6 Å². The van der Waals surface area contributed by atoms with Crippen LogP contribution in [0.15, 0.2) is 66.0 Å². The first-order valence-electron chi connectivity index (χ1n) is 8.98. The molecule has 3 aromatic rings. The summed E-state index contributed by atoms with van der Waals surface area (Å²) in [6.07, 6.45) is 5.28. The van der Waals surface area contributed by atoms with Crippen molar-refractivity contribution in [1.29, 1.82) is 0 Å². The van der Waals surface area contributed by atoms with Crippen LogP contribution in [0.4, 0.5) is 0 Å². The Kier molecular flexibility index (Phi) is 4.78. The lowest BCUT2D eigenvalue weighted by molar-refractivity contribution is 0.0698. The molecule has 0 unspecified atom stereocenters. The van der Waals surface area contributed by atoms with Crippen LogP contribution >= 0.6 is 0 Å². The number of amides is 1. The van der Waals surface area contributed by atoms with Crippen LogP contribution in [0.1, 0.15) is 10.4 Å². The number of hydrogen-bond donors (Lipinski definition) is 0. The summed E-state index contributed by atoms with van der Waals surface area (Å²) in [5.74, 6) is 0.544. The van der Waals surface area contributed by atoms with E-state index in [0.717, 1.165) is 0 Å². The van der Waals surface area contributed by atoms with E-state index in [4.69, 9.17) is 0 Å². The molecule has 0 aliphatic carbocycles. The lowest BCUT2D eigenvalue weighted by atomic mass is 10.2. The number of piperazine rings is 1. The molecule has 0 bridgehead atoms. The number of sulfonamides is 1. The lowest BCUT2D eigenvalue weighted by Gasteiger charge is -2.34. The number of rotatable bonds is 4. The van der Waals surface area contributed by atoms with Crippen molar-refractivity contribution < 1.29 is 13.2 Å². The molecule has 4 rings (SSSR count). The fourth-order valence-corrected chi connectivity index (χ4v) is 4.85. The third kappa shape index (κ3) is 3.23. The Balaban J connectivity index is 1.50. The molecule has 1 aliphatic heterocycles. The van der Waals surface area contributed by atoms with Crippen LogP contribution in [-0.4, -0.2) is 64.1 Å². The highest BCUT2D eigenvalue weighted by Crippen LogP contribution is 2.20. The van der Waals surface area contributed by atoms with E-state index in [0.29, 0.717) is 24.5 Å². The van der Waals surface area contributed by atoms with E-state index in [1.54, 1.807) is 53.2 Å². The largest absolute Gasteiger partial charge is 0.336 e. The van der Waals surface area contributed by atoms with Crippen molar-refractivity contribution in [2.45, 2.75) is 4.90 Å². The van der Waals surface area contributed by atoms with Crippen molar-refractivity contribution >= 4 is 15.9 Å². The maximum atomic E-state index is 13.0. The molecular formula is C19H21N5O3S. The highest BCUT2D eigenvalue weighted by molar-refractivity contribution is 7.89. The smallest absolute Gasteiger partial charge is 0.259 e. The fourth-order valence-electron chi connectivity index (χ4n) is 3.41. The van der Waals surface area contributed by atoms with E-state index in [-0.39, 0.29) is 23.9 Å². The summed E-state index contributed by atoms with van der Waals surface area (Å²) in [4.78, 5) is 15.0. The molecule has 0 atom stereocenters. The van der Waals surface area contributed by atoms with E-state index in [1.165, 1.54) is 4.31 Å². The first-order chi connectivity index (χ1) is 13.5. The van der Waals surface area contributed by atoms with Gasteiger partial charge in [0.05, 0.1) is 11.1 Å². The van der Waals surface area contributed by atoms with Crippen LogP contribution in [-0.2, 0) is 17.1 Å². The number of carbonyl (C=O) groups excluding carboxylic acids is 1. The third-order valence-electron chi connectivity index (χ3n) is 4.89. The maximum Gasteiger partial charge on any atom is 0.259 e. The van der Waals surface area contributed by atoms with Gasteiger partial charge in [-0.2, -0.15) is 9.40 Å². The molecule has 146 valence electrons. The maximum absolute atomic E-state index is 13.0. The first kappa shape index (κ1) is 18.5. The normalized spacial score (nSPS) is 15.7. The second-order valence-electron chi connectivity index (χ2n) is 6.61. The van der Waals surface area contributed by atoms with Crippen molar-refractivity contribution in [3.63, 3.8) is 0 Å². The van der Waals surface area contributed by atoms with Crippen molar-refractivity contribution in [2.24, 2.45) is 7.05 Å². The highest BCUT2D eigenvalue weighted by atomic mass is 32.2. The molecule has 1 aromatic carbocycles. The van der Waals surface area contributed by atoms with E-state index in [1.807, 2.05) is 29.1 Å². The van der Waals surface area contributed by atoms with Gasteiger partial charge >= 0.3 is 0 Å². The number of benzene rings is 1. The Morgan fingerprint density at radius 1 is 0.964 bits per heavy atom. The van der Waals surface area contributed by atoms with Gasteiger partial charge < -0.3 is 9.47 Å². The average Bonchev–Trinajstić information content (AvgIpc) is 3.37. The Morgan fingerprint density at radius 2 is 1.61 bits per heavy atom. The highest BCUT2D eigenvalue weighted by Gasteiger charge is 2.31. The molecule has 9 heteroatoms. The minimum atomic E-state index is -3.54. The summed E-state index contributed by atoms with van der Waals surface area (Å²) >= 11 is 0. The van der Waals surface area contributed by atoms with E-state index < -0.39 is 10.0 Å². The second-order valence-corrected chi connectivity index (χ2v) is 8.54. The van der Waals surface area contributed by atoms with Crippen LogP contribution < -0.4 is 0 Å². The fraction of sp³-hybridized carbons (Fsp3) is 0.263. The molecule has 0 radical (unpaired) electrons. The van der Waals surface area contributed by atoms with Crippen molar-refractivity contribution in [2.75, 3.05) is 26.2 Å². The molecule has 0 spiro atoms. The number of nitrogens with zero attached hydrogens (tertiary/aromatic N) is 5. The summed E-state index contributed by atoms with van der Waals surface area (Å²) in [5.41, 5.74) is 0.498. The minimum absolute atomic E-state index is 0.145. The zero-order valence-electron chi connectivity index (χ0n) is 15.5. The SMILES string of the molecule is Cn1ncc(C(=O)N2CCN(S(=O)(=O)c3ccccc3)CC2)c1-n1cccc1. The molecule has 8 nitrogen and oxygen atoms in total. The number of hydrogen-bond acceptors (Lipinski definition) is 4. The molecular weight excluding hydrogens is 378 g/mol. The summed E-state index contributed by atoms with van der Waals surface area (Å²) in [6.45, 7) is 1.21. The number of carbonyl (C=O) groups is 1. The van der Waals surface area contributed by atoms with Gasteiger partial charge in [-0.25, -0.2) is 8.42 Å². The molecule has 0 saturated carbocycles. The quantitative estimate of drug-likeness (QED) is 0.663. The van der Waals surface area contributed by atoms with Gasteiger partial charge in [0, 0.05) is 45.6 Å². The summed E-state index contributed by atoms with van der Waals surface area (Å²) < 4.78 is 30.4. The van der Waals surface area contributed by atoms with Gasteiger partial charge in [0.25, 0.3) is 5.91 Å². The average molecular weight is 399 g/mol. The molecule has 0 N–H and O–H groups in total. The molecule has 1 fully saturated rings. The van der Waals surface area contributed by atoms with Crippen LogP contribution in [0.2, 0.25) is 0 Å². The lowest BCUT2D eigenvalue weighted by Crippen LogP contribution is -2.50. The molecule has 1 aliphatic rings. The predicted molar refractivity (Wildman–Crippen MR) is 104 cm³/mol. The Morgan fingerprint density at radius 3 is 2.25 bits per heavy atom. The van der Waals surface area contributed by atoms with Gasteiger partial charge in [-0.05, 0) is 24.3 Å². The third-order valence-corrected chi connectivity index (χ3v) is 6.81. The predicted octanol–water partition coefficient (Wildman–Crippen LogP) is 1.36. The topological polar surface area (TPSA) is 80.4 Å². The standard InChI is InChI=1S/C19H21N5O3S/c1-21-18(22-9-5-6-10-22)17(15-20-21)19(25)23-11-13-24(14-12-23)28(26,27)16-7-3-2-4-8-16/h2-10,15H,11-14H2,1H3. The van der Waals surface area contributed by atoms with Crippen LogP contribution in [0.25, 0.3) is 5.82 Å². The van der Waals surface area contributed by atoms with Crippen LogP contribution in [0.3, 0.4) is 0 Å². The van der Waals surface area contributed by atoms with Crippen LogP contribution in [0, 0.1) is 0 Å². The van der Waals surface area contributed by atoms with E-state index in [2.05, 4.69) is 5.10 Å². The molecule has 3 heterocycles. The second kappa shape index (κ2) is 7.25. The van der Waals surface area contributed by atoms with Gasteiger partial charge in [-0.1, -0.05) is 18.2 Å². The summed E-state index contributed by atoms with van der Waals surface area (Å²) in [5, 5.41) is 4.22. The Labute approximate surface area is 163 Å². The minimum Gasteiger partial charge on any atom is -0.336 e. The van der Waals surface area contributed by atoms with Gasteiger partial charge in [0.15, 0.2) is 0 Å². The van der Waals surface area contributed by atoms with Gasteiger partial charge in [0.2, 0.25) is 10.0 Å². The monoisotopic (exact) mass is 399 g/mol. The van der Waals surface area contributed by atoms with E-state index in [9.17, 15) is 13.2 Å². The molecule has 1 amide bonds. The van der Waals surface area contributed by atoms with Crippen molar-refractivity contribution in [3.8, 4) is 5.82 Å². The summed E-state index contributed by atoms with van der Waals surface area (Å²) in [7, 11) is -1.75. The molecule has 2 aromatic heterocycles. The Hall–Kier alpha value is -2.91. The zero-order valence-corrected chi connectivity index (χ0v) is 16.3. The summed E-state index contributed by atoms with van der Waals surface area (Å²) in [6, 6.07) is 12.1. The number of aromatic nitrogens is 3. The van der Waals surface area contributed by atoms with E-state index >= 15 is 0 Å².